The van der Waals surface area contributed by atoms with Crippen molar-refractivity contribution in [2.45, 2.75) is 47.1 Å². The fourth-order valence-corrected chi connectivity index (χ4v) is 1.94. The molecule has 0 aliphatic heterocycles. The summed E-state index contributed by atoms with van der Waals surface area (Å²) < 4.78 is 2.10. The molecule has 0 bridgehead atoms. The van der Waals surface area contributed by atoms with E-state index in [9.17, 15) is 0 Å². The Hall–Kier alpha value is -1.57. The van der Waals surface area contributed by atoms with Gasteiger partial charge in [0.15, 0.2) is 0 Å². The Morgan fingerprint density at radius 1 is 1.06 bits per heavy atom. The molecule has 0 aliphatic carbocycles. The molecule has 2 nitrogen and oxygen atoms in total. The van der Waals surface area contributed by atoms with Crippen LogP contribution in [-0.4, -0.2) is 9.78 Å². The van der Waals surface area contributed by atoms with Gasteiger partial charge in [0.1, 0.15) is 0 Å². The van der Waals surface area contributed by atoms with Gasteiger partial charge in [-0.3, -0.25) is 4.68 Å². The maximum Gasteiger partial charge on any atom is 0.0926 e. The third-order valence-corrected chi connectivity index (χ3v) is 2.74. The Balaban J connectivity index is 0.000000771. The molecular formula is C16H24N2. The van der Waals surface area contributed by atoms with Gasteiger partial charge >= 0.3 is 0 Å². The van der Waals surface area contributed by atoms with Crippen LogP contribution in [0.3, 0.4) is 0 Å². The van der Waals surface area contributed by atoms with E-state index in [1.165, 1.54) is 17.7 Å². The van der Waals surface area contributed by atoms with Gasteiger partial charge in [0, 0.05) is 17.8 Å². The molecule has 2 rings (SSSR count). The summed E-state index contributed by atoms with van der Waals surface area (Å²) in [5.41, 5.74) is 3.63. The fraction of sp³-hybridized carbons (Fsp3) is 0.438. The quantitative estimate of drug-likeness (QED) is 0.771. The van der Waals surface area contributed by atoms with Crippen LogP contribution >= 0.6 is 0 Å². The van der Waals surface area contributed by atoms with E-state index >= 15 is 0 Å². The first-order chi connectivity index (χ1) is 8.85. The Bertz CT molecular complexity index is 443. The summed E-state index contributed by atoms with van der Waals surface area (Å²) in [4.78, 5) is 0. The number of hydrogen-bond acceptors (Lipinski definition) is 1. The monoisotopic (exact) mass is 244 g/mol. The number of aryl methyl sites for hydroxylation is 2. The molecule has 0 fully saturated rings. The second kappa shape index (κ2) is 7.70. The highest BCUT2D eigenvalue weighted by Gasteiger charge is 2.06. The number of benzene rings is 1. The summed E-state index contributed by atoms with van der Waals surface area (Å²) in [6.07, 6.45) is 2.27. The van der Waals surface area contributed by atoms with Crippen molar-refractivity contribution >= 4 is 0 Å². The maximum absolute atomic E-state index is 4.63. The van der Waals surface area contributed by atoms with Crippen LogP contribution in [-0.2, 0) is 13.0 Å². The molecule has 1 heterocycles. The smallest absolute Gasteiger partial charge is 0.0926 e. The lowest BCUT2D eigenvalue weighted by molar-refractivity contribution is 0.617. The third kappa shape index (κ3) is 3.46. The van der Waals surface area contributed by atoms with E-state index in [0.717, 1.165) is 18.7 Å². The number of hydrogen-bond donors (Lipinski definition) is 0. The minimum absolute atomic E-state index is 0.947. The Kier molecular flexibility index (Phi) is 6.20. The average Bonchev–Trinajstić information content (AvgIpc) is 2.86. The van der Waals surface area contributed by atoms with Crippen molar-refractivity contribution in [2.24, 2.45) is 0 Å². The fourth-order valence-electron chi connectivity index (χ4n) is 1.94. The van der Waals surface area contributed by atoms with Gasteiger partial charge in [0.25, 0.3) is 0 Å². The molecule has 0 saturated heterocycles. The minimum Gasteiger partial charge on any atom is -0.269 e. The van der Waals surface area contributed by atoms with Crippen molar-refractivity contribution in [1.29, 1.82) is 0 Å². The van der Waals surface area contributed by atoms with Crippen LogP contribution in [0.25, 0.3) is 11.3 Å². The molecule has 0 N–H and O–H groups in total. The molecule has 0 aliphatic rings. The zero-order chi connectivity index (χ0) is 13.4. The second-order valence-corrected chi connectivity index (χ2v) is 3.95. The van der Waals surface area contributed by atoms with Crippen molar-refractivity contribution in [3.63, 3.8) is 0 Å². The van der Waals surface area contributed by atoms with E-state index in [0.29, 0.717) is 0 Å². The van der Waals surface area contributed by atoms with Crippen LogP contribution in [0, 0.1) is 0 Å². The first-order valence-corrected chi connectivity index (χ1v) is 6.97. The Morgan fingerprint density at radius 2 is 1.72 bits per heavy atom. The van der Waals surface area contributed by atoms with Crippen LogP contribution in [0.5, 0.6) is 0 Å². The number of nitrogens with zero attached hydrogens (tertiary/aromatic N) is 2. The first kappa shape index (κ1) is 14.5. The van der Waals surface area contributed by atoms with Crippen molar-refractivity contribution in [2.75, 3.05) is 0 Å². The molecule has 0 radical (unpaired) electrons. The molecule has 1 aromatic heterocycles. The minimum atomic E-state index is 0.947. The first-order valence-electron chi connectivity index (χ1n) is 6.97. The summed E-state index contributed by atoms with van der Waals surface area (Å²) >= 11 is 0. The average molecular weight is 244 g/mol. The zero-order valence-electron chi connectivity index (χ0n) is 12.0. The summed E-state index contributed by atoms with van der Waals surface area (Å²) in [6, 6.07) is 12.6. The molecule has 2 heteroatoms. The SMILES string of the molecule is CC.CCCc1cc(-c2ccccc2)nn1CC. The normalized spacial score (nSPS) is 9.78. The highest BCUT2D eigenvalue weighted by atomic mass is 15.3. The predicted molar refractivity (Wildman–Crippen MR) is 78.7 cm³/mol. The van der Waals surface area contributed by atoms with Crippen LogP contribution in [0.2, 0.25) is 0 Å². The predicted octanol–water partition coefficient (Wildman–Crippen LogP) is 4.55. The molecule has 0 spiro atoms. The van der Waals surface area contributed by atoms with Gasteiger partial charge in [-0.15, -0.1) is 0 Å². The molecule has 1 aromatic carbocycles. The summed E-state index contributed by atoms with van der Waals surface area (Å²) in [5.74, 6) is 0. The molecule has 0 unspecified atom stereocenters. The molecule has 0 saturated carbocycles. The van der Waals surface area contributed by atoms with E-state index in [1.807, 2.05) is 19.9 Å². The number of aromatic nitrogens is 2. The number of rotatable bonds is 4. The van der Waals surface area contributed by atoms with E-state index in [4.69, 9.17) is 0 Å². The van der Waals surface area contributed by atoms with Gasteiger partial charge in [-0.25, -0.2) is 0 Å². The van der Waals surface area contributed by atoms with Gasteiger partial charge < -0.3 is 0 Å². The lowest BCUT2D eigenvalue weighted by Crippen LogP contribution is -2.01. The van der Waals surface area contributed by atoms with Crippen LogP contribution in [0.15, 0.2) is 36.4 Å². The summed E-state index contributed by atoms with van der Waals surface area (Å²) in [5, 5.41) is 4.63. The van der Waals surface area contributed by atoms with Crippen molar-refractivity contribution < 1.29 is 0 Å². The Morgan fingerprint density at radius 3 is 2.28 bits per heavy atom. The zero-order valence-corrected chi connectivity index (χ0v) is 12.0. The van der Waals surface area contributed by atoms with Crippen molar-refractivity contribution in [3.8, 4) is 11.3 Å². The van der Waals surface area contributed by atoms with Crippen LogP contribution < -0.4 is 0 Å². The van der Waals surface area contributed by atoms with Crippen LogP contribution in [0.4, 0.5) is 0 Å². The summed E-state index contributed by atoms with van der Waals surface area (Å²) in [7, 11) is 0. The van der Waals surface area contributed by atoms with Gasteiger partial charge in [0.2, 0.25) is 0 Å². The van der Waals surface area contributed by atoms with E-state index in [-0.39, 0.29) is 0 Å². The molecular weight excluding hydrogens is 220 g/mol. The van der Waals surface area contributed by atoms with E-state index in [1.54, 1.807) is 0 Å². The summed E-state index contributed by atoms with van der Waals surface area (Å²) in [6.45, 7) is 9.29. The maximum atomic E-state index is 4.63. The highest BCUT2D eigenvalue weighted by molar-refractivity contribution is 5.59. The van der Waals surface area contributed by atoms with Gasteiger partial charge in [-0.05, 0) is 19.4 Å². The highest BCUT2D eigenvalue weighted by Crippen LogP contribution is 2.19. The molecule has 0 atom stereocenters. The van der Waals surface area contributed by atoms with Gasteiger partial charge in [-0.2, -0.15) is 5.10 Å². The van der Waals surface area contributed by atoms with Crippen molar-refractivity contribution in [1.82, 2.24) is 9.78 Å². The topological polar surface area (TPSA) is 17.8 Å². The van der Waals surface area contributed by atoms with Gasteiger partial charge in [-0.1, -0.05) is 57.5 Å². The van der Waals surface area contributed by atoms with E-state index in [2.05, 4.69) is 54.0 Å². The molecule has 18 heavy (non-hydrogen) atoms. The largest absolute Gasteiger partial charge is 0.269 e. The molecule has 98 valence electrons. The lowest BCUT2D eigenvalue weighted by atomic mass is 10.1. The van der Waals surface area contributed by atoms with Gasteiger partial charge in [0.05, 0.1) is 5.69 Å². The van der Waals surface area contributed by atoms with Crippen LogP contribution in [0.1, 0.15) is 39.8 Å². The third-order valence-electron chi connectivity index (χ3n) is 2.74. The molecule has 2 aromatic rings. The van der Waals surface area contributed by atoms with E-state index < -0.39 is 0 Å². The van der Waals surface area contributed by atoms with Crippen molar-refractivity contribution in [3.05, 3.63) is 42.1 Å². The molecule has 0 amide bonds. The second-order valence-electron chi connectivity index (χ2n) is 3.95. The Labute approximate surface area is 111 Å². The lowest BCUT2D eigenvalue weighted by Gasteiger charge is -2.01. The standard InChI is InChI=1S/C14H18N2.C2H6/c1-3-8-13-11-14(15-16(13)4-2)12-9-6-5-7-10-12;1-2/h5-7,9-11H,3-4,8H2,1-2H3;1-2H3.